The first kappa shape index (κ1) is 15.3. The van der Waals surface area contributed by atoms with Crippen molar-refractivity contribution < 1.29 is 4.74 Å². The molecule has 0 aliphatic carbocycles. The van der Waals surface area contributed by atoms with Gasteiger partial charge >= 0.3 is 0 Å². The largest absolute Gasteiger partial charge is 0.375 e. The van der Waals surface area contributed by atoms with Crippen molar-refractivity contribution in [3.63, 3.8) is 0 Å². The highest BCUT2D eigenvalue weighted by Gasteiger charge is 2.17. The molecule has 1 aliphatic rings. The van der Waals surface area contributed by atoms with Gasteiger partial charge < -0.3 is 15.0 Å². The van der Waals surface area contributed by atoms with Gasteiger partial charge in [-0.15, -0.1) is 0 Å². The number of nitrogens with one attached hydrogen (secondary N) is 1. The van der Waals surface area contributed by atoms with E-state index < -0.39 is 0 Å². The van der Waals surface area contributed by atoms with Crippen LogP contribution in [0, 0.1) is 6.92 Å². The molecule has 1 unspecified atom stereocenters. The fraction of sp³-hybridized carbons (Fsp3) is 0.647. The van der Waals surface area contributed by atoms with E-state index in [1.165, 1.54) is 16.8 Å². The smallest absolute Gasteiger partial charge is 0.0722 e. The van der Waals surface area contributed by atoms with Crippen molar-refractivity contribution in [3.8, 4) is 0 Å². The van der Waals surface area contributed by atoms with Gasteiger partial charge in [0.15, 0.2) is 0 Å². The van der Waals surface area contributed by atoms with Gasteiger partial charge in [0.05, 0.1) is 12.7 Å². The molecule has 1 heterocycles. The Balaban J connectivity index is 2.05. The quantitative estimate of drug-likeness (QED) is 0.918. The van der Waals surface area contributed by atoms with E-state index in [0.29, 0.717) is 6.10 Å². The van der Waals surface area contributed by atoms with E-state index in [0.717, 1.165) is 26.2 Å². The third-order valence-electron chi connectivity index (χ3n) is 3.74. The maximum absolute atomic E-state index is 5.61. The molecule has 0 radical (unpaired) electrons. The summed E-state index contributed by atoms with van der Waals surface area (Å²) in [5.74, 6) is 0. The molecule has 3 nitrogen and oxygen atoms in total. The van der Waals surface area contributed by atoms with Crippen molar-refractivity contribution in [2.24, 2.45) is 0 Å². The first-order chi connectivity index (χ1) is 9.35. The lowest BCUT2D eigenvalue weighted by Crippen LogP contribution is -2.41. The van der Waals surface area contributed by atoms with Crippen molar-refractivity contribution in [1.29, 1.82) is 0 Å². The zero-order valence-corrected chi connectivity index (χ0v) is 13.5. The van der Waals surface area contributed by atoms with Crippen LogP contribution in [0.4, 0.5) is 5.69 Å². The first-order valence-electron chi connectivity index (χ1n) is 7.56. The minimum atomic E-state index is 0.157. The second kappa shape index (κ2) is 6.15. The molecule has 0 saturated carbocycles. The van der Waals surface area contributed by atoms with Crippen LogP contribution in [-0.2, 0) is 11.3 Å². The summed E-state index contributed by atoms with van der Waals surface area (Å²) in [7, 11) is 0. The normalized spacial score (nSPS) is 20.2. The van der Waals surface area contributed by atoms with E-state index in [9.17, 15) is 0 Å². The van der Waals surface area contributed by atoms with Crippen LogP contribution in [0.25, 0.3) is 0 Å². The van der Waals surface area contributed by atoms with Gasteiger partial charge in [-0.1, -0.05) is 6.07 Å². The maximum Gasteiger partial charge on any atom is 0.0722 e. The van der Waals surface area contributed by atoms with Crippen molar-refractivity contribution in [2.75, 3.05) is 24.6 Å². The number of nitrogens with zero attached hydrogens (tertiary/aromatic N) is 1. The summed E-state index contributed by atoms with van der Waals surface area (Å²) in [6, 6.07) is 6.80. The highest BCUT2D eigenvalue weighted by atomic mass is 16.5. The molecule has 0 bridgehead atoms. The van der Waals surface area contributed by atoms with E-state index in [2.05, 4.69) is 63.0 Å². The van der Waals surface area contributed by atoms with Crippen LogP contribution in [0.5, 0.6) is 0 Å². The average Bonchev–Trinajstić information content (AvgIpc) is 2.36. The molecule has 1 N–H and O–H groups in total. The molecular formula is C17H28N2O. The molecule has 0 spiro atoms. The predicted octanol–water partition coefficient (Wildman–Crippen LogP) is 3.11. The van der Waals surface area contributed by atoms with Crippen LogP contribution < -0.4 is 10.2 Å². The van der Waals surface area contributed by atoms with Gasteiger partial charge in [-0.25, -0.2) is 0 Å². The average molecular weight is 276 g/mol. The number of anilines is 1. The minimum Gasteiger partial charge on any atom is -0.375 e. The number of rotatable bonds is 3. The maximum atomic E-state index is 5.61. The Bertz CT molecular complexity index is 451. The Kier molecular flexibility index (Phi) is 4.71. The lowest BCUT2D eigenvalue weighted by Gasteiger charge is -2.33. The molecule has 1 aromatic rings. The predicted molar refractivity (Wildman–Crippen MR) is 85.4 cm³/mol. The molecule has 1 aliphatic heterocycles. The second-order valence-electron chi connectivity index (χ2n) is 6.84. The summed E-state index contributed by atoms with van der Waals surface area (Å²) < 4.78 is 5.61. The fourth-order valence-corrected chi connectivity index (χ4v) is 2.49. The number of hydrogen-bond donors (Lipinski definition) is 1. The molecule has 112 valence electrons. The van der Waals surface area contributed by atoms with E-state index in [1.54, 1.807) is 0 Å². The highest BCUT2D eigenvalue weighted by molar-refractivity contribution is 5.51. The van der Waals surface area contributed by atoms with Gasteiger partial charge in [-0.05, 0) is 57.9 Å². The molecule has 0 aromatic heterocycles. The molecule has 2 rings (SSSR count). The van der Waals surface area contributed by atoms with Crippen molar-refractivity contribution in [3.05, 3.63) is 29.3 Å². The molecule has 20 heavy (non-hydrogen) atoms. The Morgan fingerprint density at radius 2 is 2.10 bits per heavy atom. The number of benzene rings is 1. The molecule has 3 heteroatoms. The Morgan fingerprint density at radius 1 is 1.35 bits per heavy atom. The lowest BCUT2D eigenvalue weighted by atomic mass is 10.0. The van der Waals surface area contributed by atoms with Gasteiger partial charge in [0, 0.05) is 30.9 Å². The monoisotopic (exact) mass is 276 g/mol. The lowest BCUT2D eigenvalue weighted by molar-refractivity contribution is 0.0532. The molecular weight excluding hydrogens is 248 g/mol. The molecule has 1 aromatic carbocycles. The summed E-state index contributed by atoms with van der Waals surface area (Å²) in [6.45, 7) is 14.7. The van der Waals surface area contributed by atoms with E-state index in [4.69, 9.17) is 4.74 Å². The van der Waals surface area contributed by atoms with Gasteiger partial charge in [-0.2, -0.15) is 0 Å². The summed E-state index contributed by atoms with van der Waals surface area (Å²) in [6.07, 6.45) is 0.325. The van der Waals surface area contributed by atoms with Gasteiger partial charge in [-0.3, -0.25) is 0 Å². The Hall–Kier alpha value is -1.06. The van der Waals surface area contributed by atoms with Gasteiger partial charge in [0.25, 0.3) is 0 Å². The minimum absolute atomic E-state index is 0.157. The number of hydrogen-bond acceptors (Lipinski definition) is 3. The topological polar surface area (TPSA) is 24.5 Å². The van der Waals surface area contributed by atoms with Crippen molar-refractivity contribution >= 4 is 5.69 Å². The van der Waals surface area contributed by atoms with Crippen molar-refractivity contribution in [1.82, 2.24) is 5.32 Å². The highest BCUT2D eigenvalue weighted by Crippen LogP contribution is 2.22. The number of ether oxygens (including phenoxy) is 1. The standard InChI is InChI=1S/C17H28N2O/c1-13-10-16(19-8-9-20-14(2)12-19)7-6-15(13)11-18-17(3,4)5/h6-7,10,14,18H,8-9,11-12H2,1-5H3. The van der Waals surface area contributed by atoms with Gasteiger partial charge in [0.2, 0.25) is 0 Å². The molecule has 0 amide bonds. The van der Waals surface area contributed by atoms with Crippen LogP contribution in [0.3, 0.4) is 0 Å². The van der Waals surface area contributed by atoms with E-state index >= 15 is 0 Å². The Morgan fingerprint density at radius 3 is 2.70 bits per heavy atom. The summed E-state index contributed by atoms with van der Waals surface area (Å²) >= 11 is 0. The number of aryl methyl sites for hydroxylation is 1. The third kappa shape index (κ3) is 4.22. The van der Waals surface area contributed by atoms with Crippen LogP contribution in [-0.4, -0.2) is 31.3 Å². The zero-order valence-electron chi connectivity index (χ0n) is 13.5. The van der Waals surface area contributed by atoms with E-state index in [-0.39, 0.29) is 5.54 Å². The third-order valence-corrected chi connectivity index (χ3v) is 3.74. The summed E-state index contributed by atoms with van der Waals surface area (Å²) in [5.41, 5.74) is 4.21. The summed E-state index contributed by atoms with van der Waals surface area (Å²) in [4.78, 5) is 2.42. The zero-order chi connectivity index (χ0) is 14.8. The second-order valence-corrected chi connectivity index (χ2v) is 6.84. The fourth-order valence-electron chi connectivity index (χ4n) is 2.49. The molecule has 1 atom stereocenters. The first-order valence-corrected chi connectivity index (χ1v) is 7.56. The molecule has 1 saturated heterocycles. The van der Waals surface area contributed by atoms with E-state index in [1.807, 2.05) is 0 Å². The number of morpholine rings is 1. The van der Waals surface area contributed by atoms with Gasteiger partial charge in [0.1, 0.15) is 0 Å². The van der Waals surface area contributed by atoms with Crippen LogP contribution in [0.1, 0.15) is 38.8 Å². The summed E-state index contributed by atoms with van der Waals surface area (Å²) in [5, 5.41) is 3.55. The molecule has 1 fully saturated rings. The van der Waals surface area contributed by atoms with Crippen LogP contribution in [0.15, 0.2) is 18.2 Å². The van der Waals surface area contributed by atoms with Crippen molar-refractivity contribution in [2.45, 2.75) is 52.8 Å². The van der Waals surface area contributed by atoms with Crippen LogP contribution >= 0.6 is 0 Å². The Labute approximate surface area is 123 Å². The van der Waals surface area contributed by atoms with Crippen LogP contribution in [0.2, 0.25) is 0 Å². The SMILES string of the molecule is Cc1cc(N2CCOC(C)C2)ccc1CNC(C)(C)C.